The number of benzene rings is 3. The minimum atomic E-state index is -0.524. The number of aryl methyl sites for hydroxylation is 1. The smallest absolute Gasteiger partial charge is 0.228 e. The van der Waals surface area contributed by atoms with E-state index in [1.807, 2.05) is 36.4 Å². The van der Waals surface area contributed by atoms with E-state index in [0.29, 0.717) is 0 Å². The molecule has 0 saturated heterocycles. The van der Waals surface area contributed by atoms with Crippen LogP contribution in [0.3, 0.4) is 0 Å². The van der Waals surface area contributed by atoms with Crippen LogP contribution in [0.4, 0.5) is 0 Å². The van der Waals surface area contributed by atoms with Crippen molar-refractivity contribution in [1.82, 2.24) is 4.90 Å². The molecule has 3 heteroatoms. The van der Waals surface area contributed by atoms with E-state index >= 15 is 0 Å². The third kappa shape index (κ3) is 4.25. The highest BCUT2D eigenvalue weighted by Crippen LogP contribution is 2.54. The standard InChI is InChI=1S/C26H28N2O/c1-20-12-14-22(15-13-20)18-28(17-21-8-4-2-5-9-21)19-24-16-26(24,25(27)29)23-10-6-3-7-11-23/h2-15,24H,16-19H2,1H3,(H2,27,29)/t24-,26+/m1/s1. The minimum absolute atomic E-state index is 0.205. The number of primary amides is 1. The predicted octanol–water partition coefficient (Wildman–Crippen LogP) is 4.44. The number of carbonyl (C=O) groups excluding carboxylic acids is 1. The molecule has 1 fully saturated rings. The zero-order chi connectivity index (χ0) is 20.3. The molecule has 0 bridgehead atoms. The van der Waals surface area contributed by atoms with E-state index in [1.54, 1.807) is 0 Å². The van der Waals surface area contributed by atoms with Crippen molar-refractivity contribution in [3.63, 3.8) is 0 Å². The predicted molar refractivity (Wildman–Crippen MR) is 117 cm³/mol. The Morgan fingerprint density at radius 3 is 2.03 bits per heavy atom. The van der Waals surface area contributed by atoms with Crippen molar-refractivity contribution < 1.29 is 4.79 Å². The lowest BCUT2D eigenvalue weighted by atomic mass is 9.92. The molecule has 148 valence electrons. The normalized spacial score (nSPS) is 20.6. The summed E-state index contributed by atoms with van der Waals surface area (Å²) >= 11 is 0. The zero-order valence-corrected chi connectivity index (χ0v) is 16.9. The number of hydrogen-bond donors (Lipinski definition) is 1. The molecule has 0 aliphatic heterocycles. The van der Waals surface area contributed by atoms with Crippen molar-refractivity contribution in [2.24, 2.45) is 11.7 Å². The first-order valence-corrected chi connectivity index (χ1v) is 10.3. The van der Waals surface area contributed by atoms with Crippen LogP contribution in [0.1, 0.15) is 28.7 Å². The molecular formula is C26H28N2O. The van der Waals surface area contributed by atoms with Gasteiger partial charge < -0.3 is 5.73 Å². The van der Waals surface area contributed by atoms with E-state index in [1.165, 1.54) is 16.7 Å². The summed E-state index contributed by atoms with van der Waals surface area (Å²) in [6.45, 7) is 4.67. The molecular weight excluding hydrogens is 356 g/mol. The van der Waals surface area contributed by atoms with Crippen LogP contribution in [-0.2, 0) is 23.3 Å². The Kier molecular flexibility index (Phi) is 5.50. The molecule has 0 unspecified atom stereocenters. The van der Waals surface area contributed by atoms with Gasteiger partial charge >= 0.3 is 0 Å². The third-order valence-electron chi connectivity index (χ3n) is 6.09. The van der Waals surface area contributed by atoms with Gasteiger partial charge in [-0.15, -0.1) is 0 Å². The molecule has 0 heterocycles. The number of nitrogens with two attached hydrogens (primary N) is 1. The fourth-order valence-electron chi connectivity index (χ4n) is 4.37. The van der Waals surface area contributed by atoms with Gasteiger partial charge in [0, 0.05) is 19.6 Å². The molecule has 2 atom stereocenters. The van der Waals surface area contributed by atoms with Crippen LogP contribution in [0.5, 0.6) is 0 Å². The van der Waals surface area contributed by atoms with Gasteiger partial charge in [-0.25, -0.2) is 0 Å². The molecule has 1 saturated carbocycles. The van der Waals surface area contributed by atoms with Crippen LogP contribution in [0.2, 0.25) is 0 Å². The SMILES string of the molecule is Cc1ccc(CN(Cc2ccccc2)C[C@H]2C[C@]2(C(N)=O)c2ccccc2)cc1. The number of rotatable bonds is 8. The molecule has 2 N–H and O–H groups in total. The maximum Gasteiger partial charge on any atom is 0.228 e. The first-order chi connectivity index (χ1) is 14.1. The summed E-state index contributed by atoms with van der Waals surface area (Å²) < 4.78 is 0. The van der Waals surface area contributed by atoms with Crippen LogP contribution < -0.4 is 5.73 Å². The van der Waals surface area contributed by atoms with E-state index < -0.39 is 5.41 Å². The lowest BCUT2D eigenvalue weighted by Crippen LogP contribution is -2.34. The van der Waals surface area contributed by atoms with Crippen LogP contribution in [-0.4, -0.2) is 17.4 Å². The maximum absolute atomic E-state index is 12.4. The van der Waals surface area contributed by atoms with Crippen LogP contribution in [0, 0.1) is 12.8 Å². The quantitative estimate of drug-likeness (QED) is 0.624. The molecule has 3 aromatic carbocycles. The third-order valence-corrected chi connectivity index (χ3v) is 6.09. The van der Waals surface area contributed by atoms with Crippen molar-refractivity contribution in [3.8, 4) is 0 Å². The number of nitrogens with zero attached hydrogens (tertiary/aromatic N) is 1. The van der Waals surface area contributed by atoms with Gasteiger partial charge in [-0.2, -0.15) is 0 Å². The van der Waals surface area contributed by atoms with Crippen LogP contribution >= 0.6 is 0 Å². The van der Waals surface area contributed by atoms with Gasteiger partial charge in [0.2, 0.25) is 5.91 Å². The average molecular weight is 385 g/mol. The van der Waals surface area contributed by atoms with Crippen molar-refractivity contribution in [2.75, 3.05) is 6.54 Å². The van der Waals surface area contributed by atoms with Gasteiger partial charge in [0.05, 0.1) is 5.41 Å². The van der Waals surface area contributed by atoms with Crippen molar-refractivity contribution in [3.05, 3.63) is 107 Å². The molecule has 29 heavy (non-hydrogen) atoms. The van der Waals surface area contributed by atoms with Crippen molar-refractivity contribution in [1.29, 1.82) is 0 Å². The Balaban J connectivity index is 1.55. The Bertz CT molecular complexity index is 953. The Morgan fingerprint density at radius 2 is 1.45 bits per heavy atom. The molecule has 3 nitrogen and oxygen atoms in total. The molecule has 0 spiro atoms. The van der Waals surface area contributed by atoms with Crippen molar-refractivity contribution >= 4 is 5.91 Å². The number of amides is 1. The largest absolute Gasteiger partial charge is 0.369 e. The average Bonchev–Trinajstić information content (AvgIpc) is 3.46. The van der Waals surface area contributed by atoms with Gasteiger partial charge in [-0.3, -0.25) is 9.69 Å². The molecule has 1 aliphatic carbocycles. The summed E-state index contributed by atoms with van der Waals surface area (Å²) in [5, 5.41) is 0. The second kappa shape index (κ2) is 8.22. The van der Waals surface area contributed by atoms with Gasteiger partial charge in [0.15, 0.2) is 0 Å². The second-order valence-electron chi connectivity index (χ2n) is 8.24. The van der Waals surface area contributed by atoms with Crippen molar-refractivity contribution in [2.45, 2.75) is 31.8 Å². The summed E-state index contributed by atoms with van der Waals surface area (Å²) in [6, 6.07) is 29.2. The molecule has 0 aromatic heterocycles. The fraction of sp³-hybridized carbons (Fsp3) is 0.269. The molecule has 0 radical (unpaired) electrons. The summed E-state index contributed by atoms with van der Waals surface area (Å²) in [5.41, 5.74) is 10.3. The highest BCUT2D eigenvalue weighted by Gasteiger charge is 2.60. The first kappa shape index (κ1) is 19.4. The summed E-state index contributed by atoms with van der Waals surface area (Å²) in [7, 11) is 0. The van der Waals surface area contributed by atoms with Gasteiger partial charge in [0.25, 0.3) is 0 Å². The number of hydrogen-bond acceptors (Lipinski definition) is 2. The summed E-state index contributed by atoms with van der Waals surface area (Å²) in [5.74, 6) is 0.0419. The summed E-state index contributed by atoms with van der Waals surface area (Å²) in [4.78, 5) is 14.9. The van der Waals surface area contributed by atoms with E-state index in [2.05, 4.69) is 60.4 Å². The molecule has 4 rings (SSSR count). The maximum atomic E-state index is 12.4. The van der Waals surface area contributed by atoms with Gasteiger partial charge in [-0.05, 0) is 36.0 Å². The Hall–Kier alpha value is -2.91. The van der Waals surface area contributed by atoms with Gasteiger partial charge in [0.1, 0.15) is 0 Å². The lowest BCUT2D eigenvalue weighted by molar-refractivity contribution is -0.120. The fourth-order valence-corrected chi connectivity index (χ4v) is 4.37. The van der Waals surface area contributed by atoms with Crippen LogP contribution in [0.15, 0.2) is 84.9 Å². The molecule has 1 aliphatic rings. The highest BCUT2D eigenvalue weighted by molar-refractivity contribution is 5.90. The minimum Gasteiger partial charge on any atom is -0.369 e. The lowest BCUT2D eigenvalue weighted by Gasteiger charge is -2.24. The Morgan fingerprint density at radius 1 is 0.897 bits per heavy atom. The topological polar surface area (TPSA) is 46.3 Å². The number of carbonyl (C=O) groups is 1. The Labute approximate surface area is 173 Å². The molecule has 3 aromatic rings. The van der Waals surface area contributed by atoms with E-state index in [0.717, 1.165) is 31.6 Å². The van der Waals surface area contributed by atoms with E-state index in [-0.39, 0.29) is 11.8 Å². The highest BCUT2D eigenvalue weighted by atomic mass is 16.1. The van der Waals surface area contributed by atoms with E-state index in [4.69, 9.17) is 5.73 Å². The first-order valence-electron chi connectivity index (χ1n) is 10.3. The van der Waals surface area contributed by atoms with E-state index in [9.17, 15) is 4.79 Å². The second-order valence-corrected chi connectivity index (χ2v) is 8.24. The molecule has 1 amide bonds. The van der Waals surface area contributed by atoms with Gasteiger partial charge in [-0.1, -0.05) is 90.5 Å². The monoisotopic (exact) mass is 384 g/mol. The zero-order valence-electron chi connectivity index (χ0n) is 16.9. The van der Waals surface area contributed by atoms with Crippen LogP contribution in [0.25, 0.3) is 0 Å². The summed E-state index contributed by atoms with van der Waals surface area (Å²) in [6.07, 6.45) is 0.825.